The molecule has 0 saturated carbocycles. The molecule has 0 aliphatic carbocycles. The third kappa shape index (κ3) is 5.28. The van der Waals surface area contributed by atoms with Gasteiger partial charge in [-0.3, -0.25) is 14.4 Å². The first kappa shape index (κ1) is 25.4. The number of carbonyl (C=O) groups is 1. The highest BCUT2D eigenvalue weighted by Crippen LogP contribution is 2.32. The molecule has 0 atom stereocenters. The Kier molecular flexibility index (Phi) is 7.89. The van der Waals surface area contributed by atoms with E-state index in [1.54, 1.807) is 4.90 Å². The van der Waals surface area contributed by atoms with Crippen molar-refractivity contribution < 1.29 is 13.2 Å². The number of nitrogens with zero attached hydrogens (tertiary/aromatic N) is 5. The second-order valence-corrected chi connectivity index (χ2v) is 11.6. The van der Waals surface area contributed by atoms with Gasteiger partial charge in [0.05, 0.1) is 21.3 Å². The van der Waals surface area contributed by atoms with Gasteiger partial charge in [0.15, 0.2) is 0 Å². The Bertz CT molecular complexity index is 1150. The Morgan fingerprint density at radius 1 is 1.00 bits per heavy atom. The van der Waals surface area contributed by atoms with Crippen LogP contribution in [0.2, 0.25) is 10.0 Å². The number of sulfonamides is 1. The molecule has 2 aromatic rings. The molecule has 0 unspecified atom stereocenters. The molecule has 8 nitrogen and oxygen atoms in total. The van der Waals surface area contributed by atoms with Gasteiger partial charge in [-0.1, -0.05) is 29.6 Å². The molecule has 1 aromatic heterocycles. The van der Waals surface area contributed by atoms with Crippen molar-refractivity contribution in [1.29, 1.82) is 0 Å². The molecule has 2 fully saturated rings. The lowest BCUT2D eigenvalue weighted by atomic mass is 10.1. The molecule has 4 rings (SSSR count). The van der Waals surface area contributed by atoms with Crippen LogP contribution in [0.15, 0.2) is 23.2 Å². The number of benzene rings is 1. The second kappa shape index (κ2) is 10.5. The quantitative estimate of drug-likeness (QED) is 0.572. The third-order valence-electron chi connectivity index (χ3n) is 6.61. The SMILES string of the molecule is CCn1cc(CN2CCN(C(=O)c3cc(S(=O)(=O)N4CCCCC4)c(Cl)cc3Cl)CC2)c(C)n1. The highest BCUT2D eigenvalue weighted by atomic mass is 35.5. The summed E-state index contributed by atoms with van der Waals surface area (Å²) in [5.74, 6) is -0.272. The van der Waals surface area contributed by atoms with E-state index in [0.717, 1.165) is 38.0 Å². The van der Waals surface area contributed by atoms with Crippen LogP contribution in [0.3, 0.4) is 0 Å². The fraction of sp³-hybridized carbons (Fsp3) is 0.565. The summed E-state index contributed by atoms with van der Waals surface area (Å²) in [5.41, 5.74) is 2.39. The van der Waals surface area contributed by atoms with Crippen LogP contribution in [0.4, 0.5) is 0 Å². The maximum absolute atomic E-state index is 13.3. The van der Waals surface area contributed by atoms with Gasteiger partial charge in [-0.2, -0.15) is 9.40 Å². The molecule has 2 aliphatic rings. The van der Waals surface area contributed by atoms with Crippen molar-refractivity contribution in [2.24, 2.45) is 0 Å². The molecule has 0 spiro atoms. The van der Waals surface area contributed by atoms with Gasteiger partial charge < -0.3 is 4.90 Å². The van der Waals surface area contributed by atoms with E-state index >= 15 is 0 Å². The monoisotopic (exact) mass is 527 g/mol. The number of hydrogen-bond acceptors (Lipinski definition) is 5. The summed E-state index contributed by atoms with van der Waals surface area (Å²) in [5, 5.41) is 4.71. The Morgan fingerprint density at radius 2 is 1.68 bits per heavy atom. The summed E-state index contributed by atoms with van der Waals surface area (Å²) >= 11 is 12.6. The number of aromatic nitrogens is 2. The van der Waals surface area contributed by atoms with Gasteiger partial charge in [0.25, 0.3) is 5.91 Å². The van der Waals surface area contributed by atoms with Crippen molar-refractivity contribution in [2.45, 2.75) is 51.1 Å². The van der Waals surface area contributed by atoms with Gasteiger partial charge in [0.2, 0.25) is 10.0 Å². The summed E-state index contributed by atoms with van der Waals surface area (Å²) in [6, 6.07) is 2.73. The number of halogens is 2. The van der Waals surface area contributed by atoms with E-state index in [0.29, 0.717) is 39.3 Å². The topological polar surface area (TPSA) is 78.8 Å². The smallest absolute Gasteiger partial charge is 0.255 e. The van der Waals surface area contributed by atoms with Crippen LogP contribution in [0.5, 0.6) is 0 Å². The number of carbonyl (C=O) groups excluding carboxylic acids is 1. The third-order valence-corrected chi connectivity index (χ3v) is 9.29. The highest BCUT2D eigenvalue weighted by Gasteiger charge is 2.31. The van der Waals surface area contributed by atoms with Crippen molar-refractivity contribution in [3.05, 3.63) is 45.2 Å². The minimum Gasteiger partial charge on any atom is -0.336 e. The summed E-state index contributed by atoms with van der Waals surface area (Å²) in [6.07, 6.45) is 4.72. The minimum absolute atomic E-state index is 0.0416. The van der Waals surface area contributed by atoms with Gasteiger partial charge in [0.1, 0.15) is 4.90 Å². The number of rotatable bonds is 6. The lowest BCUT2D eigenvalue weighted by Crippen LogP contribution is -2.48. The van der Waals surface area contributed by atoms with Gasteiger partial charge >= 0.3 is 0 Å². The molecule has 0 radical (unpaired) electrons. The van der Waals surface area contributed by atoms with Crippen LogP contribution >= 0.6 is 23.2 Å². The molecule has 1 amide bonds. The zero-order valence-electron chi connectivity index (χ0n) is 19.6. The molecule has 0 bridgehead atoms. The van der Waals surface area contributed by atoms with E-state index in [1.807, 2.05) is 11.6 Å². The van der Waals surface area contributed by atoms with Crippen molar-refractivity contribution in [1.82, 2.24) is 23.9 Å². The Morgan fingerprint density at radius 3 is 2.29 bits per heavy atom. The first-order valence-electron chi connectivity index (χ1n) is 11.7. The van der Waals surface area contributed by atoms with Crippen LogP contribution in [0.1, 0.15) is 47.8 Å². The lowest BCUT2D eigenvalue weighted by molar-refractivity contribution is 0.0628. The molecular weight excluding hydrogens is 497 g/mol. The predicted octanol–water partition coefficient (Wildman–Crippen LogP) is 3.65. The molecule has 11 heteroatoms. The van der Waals surface area contributed by atoms with Crippen LogP contribution in [0.25, 0.3) is 0 Å². The predicted molar refractivity (Wildman–Crippen MR) is 133 cm³/mol. The molecule has 0 N–H and O–H groups in total. The molecule has 2 saturated heterocycles. The first-order chi connectivity index (χ1) is 16.2. The zero-order chi connectivity index (χ0) is 24.5. The van der Waals surface area contributed by atoms with Crippen LogP contribution in [-0.4, -0.2) is 77.5 Å². The summed E-state index contributed by atoms with van der Waals surface area (Å²) in [4.78, 5) is 17.3. The van der Waals surface area contributed by atoms with Crippen molar-refractivity contribution >= 4 is 39.1 Å². The zero-order valence-corrected chi connectivity index (χ0v) is 22.0. The number of hydrogen-bond donors (Lipinski definition) is 0. The second-order valence-electron chi connectivity index (χ2n) is 8.89. The van der Waals surface area contributed by atoms with Crippen LogP contribution < -0.4 is 0 Å². The van der Waals surface area contributed by atoms with Crippen LogP contribution in [0, 0.1) is 6.92 Å². The Hall–Kier alpha value is -1.65. The number of piperazine rings is 1. The number of piperidine rings is 1. The van der Waals surface area contributed by atoms with E-state index < -0.39 is 10.0 Å². The number of aryl methyl sites for hydroxylation is 2. The van der Waals surface area contributed by atoms with Gasteiger partial charge in [-0.25, -0.2) is 8.42 Å². The lowest BCUT2D eigenvalue weighted by Gasteiger charge is -2.35. The largest absolute Gasteiger partial charge is 0.336 e. The van der Waals surface area contributed by atoms with Gasteiger partial charge in [0, 0.05) is 64.1 Å². The molecule has 186 valence electrons. The average Bonchev–Trinajstić information content (AvgIpc) is 3.19. The van der Waals surface area contributed by atoms with E-state index in [1.165, 1.54) is 22.0 Å². The van der Waals surface area contributed by atoms with Gasteiger partial charge in [-0.05, 0) is 38.8 Å². The number of amides is 1. The normalized spacial score (nSPS) is 18.4. The van der Waals surface area contributed by atoms with E-state index in [-0.39, 0.29) is 26.4 Å². The van der Waals surface area contributed by atoms with Crippen molar-refractivity contribution in [3.63, 3.8) is 0 Å². The Balaban J connectivity index is 1.47. The fourth-order valence-electron chi connectivity index (χ4n) is 4.53. The fourth-order valence-corrected chi connectivity index (χ4v) is 6.88. The maximum Gasteiger partial charge on any atom is 0.255 e. The van der Waals surface area contributed by atoms with E-state index in [9.17, 15) is 13.2 Å². The minimum atomic E-state index is -3.79. The maximum atomic E-state index is 13.3. The van der Waals surface area contributed by atoms with Gasteiger partial charge in [-0.15, -0.1) is 0 Å². The van der Waals surface area contributed by atoms with Crippen molar-refractivity contribution in [3.8, 4) is 0 Å². The highest BCUT2D eigenvalue weighted by molar-refractivity contribution is 7.89. The first-order valence-corrected chi connectivity index (χ1v) is 13.9. The molecule has 2 aliphatic heterocycles. The Labute approximate surface area is 211 Å². The summed E-state index contributed by atoms with van der Waals surface area (Å²) < 4.78 is 29.8. The van der Waals surface area contributed by atoms with Crippen molar-refractivity contribution in [2.75, 3.05) is 39.3 Å². The van der Waals surface area contributed by atoms with E-state index in [2.05, 4.69) is 23.1 Å². The summed E-state index contributed by atoms with van der Waals surface area (Å²) in [6.45, 7) is 9.12. The molecule has 34 heavy (non-hydrogen) atoms. The van der Waals surface area contributed by atoms with Crippen LogP contribution in [-0.2, 0) is 23.1 Å². The standard InChI is InChI=1S/C23H31Cl2N5O3S/c1-3-29-16-18(17(2)26-29)15-27-9-11-28(12-10-27)23(31)19-13-22(21(25)14-20(19)24)34(32,33)30-7-5-4-6-8-30/h13-14,16H,3-12,15H2,1-2H3. The van der Waals surface area contributed by atoms with E-state index in [4.69, 9.17) is 23.2 Å². The summed E-state index contributed by atoms with van der Waals surface area (Å²) in [7, 11) is -3.79. The average molecular weight is 529 g/mol. The molecule has 1 aromatic carbocycles. The molecular formula is C23H31Cl2N5O3S. The molecule has 3 heterocycles.